The van der Waals surface area contributed by atoms with E-state index >= 15 is 0 Å². The normalized spacial score (nSPS) is 14.5. The lowest BCUT2D eigenvalue weighted by atomic mass is 10.3. The monoisotopic (exact) mass is 355 g/mol. The topological polar surface area (TPSA) is 105 Å². The van der Waals surface area contributed by atoms with Gasteiger partial charge in [0.05, 0.1) is 43.5 Å². The van der Waals surface area contributed by atoms with E-state index in [0.29, 0.717) is 31.3 Å². The zero-order chi connectivity index (χ0) is 17.3. The first-order valence-electron chi connectivity index (χ1n) is 7.31. The van der Waals surface area contributed by atoms with Crippen molar-refractivity contribution in [2.24, 2.45) is 0 Å². The molecular weight excluding hydrogens is 337 g/mol. The van der Waals surface area contributed by atoms with Crippen molar-refractivity contribution in [3.05, 3.63) is 29.5 Å². The van der Waals surface area contributed by atoms with Crippen LogP contribution in [-0.2, 0) is 29.7 Å². The third kappa shape index (κ3) is 3.62. The van der Waals surface area contributed by atoms with Gasteiger partial charge in [0.1, 0.15) is 0 Å². The quantitative estimate of drug-likeness (QED) is 0.773. The predicted molar refractivity (Wildman–Crippen MR) is 86.5 cm³/mol. The largest absolute Gasteiger partial charge is 0.371 e. The summed E-state index contributed by atoms with van der Waals surface area (Å²) >= 11 is 0. The number of nitrogens with zero attached hydrogens (tertiary/aromatic N) is 5. The first-order valence-corrected chi connectivity index (χ1v) is 9.20. The minimum absolute atomic E-state index is 0.149. The molecule has 0 saturated carbocycles. The molecule has 11 heteroatoms. The maximum atomic E-state index is 13.5. The van der Waals surface area contributed by atoms with Gasteiger partial charge in [0.2, 0.25) is 16.0 Å². The Bertz CT molecular complexity index is 852. The molecular formula is C13H18FN7O2S. The number of nitrogens with one attached hydrogen (secondary N) is 2. The van der Waals surface area contributed by atoms with Crippen LogP contribution in [0.5, 0.6) is 0 Å². The molecule has 2 aromatic rings. The number of fused-ring (bicyclic) bond motifs is 1. The van der Waals surface area contributed by atoms with Crippen molar-refractivity contribution in [1.82, 2.24) is 24.5 Å². The minimum Gasteiger partial charge on any atom is -0.371 e. The SMILES string of the molecule is CNc1nc(N2CCn3nc(CNS(C)(=O)=O)cc3C2)ncc1F. The summed E-state index contributed by atoms with van der Waals surface area (Å²) in [6.45, 7) is 1.91. The second-order valence-electron chi connectivity index (χ2n) is 5.48. The lowest BCUT2D eigenvalue weighted by Gasteiger charge is -2.27. The van der Waals surface area contributed by atoms with Gasteiger partial charge in [-0.2, -0.15) is 10.1 Å². The third-order valence-corrected chi connectivity index (χ3v) is 4.28. The fourth-order valence-corrected chi connectivity index (χ4v) is 2.88. The van der Waals surface area contributed by atoms with Crippen LogP contribution >= 0.6 is 0 Å². The van der Waals surface area contributed by atoms with Crippen LogP contribution in [0.25, 0.3) is 0 Å². The van der Waals surface area contributed by atoms with Crippen molar-refractivity contribution >= 4 is 21.8 Å². The zero-order valence-electron chi connectivity index (χ0n) is 13.3. The molecule has 0 aliphatic carbocycles. The van der Waals surface area contributed by atoms with Crippen molar-refractivity contribution in [3.8, 4) is 0 Å². The average molecular weight is 355 g/mol. The van der Waals surface area contributed by atoms with Gasteiger partial charge in [0.25, 0.3) is 0 Å². The number of aromatic nitrogens is 4. The molecule has 0 radical (unpaired) electrons. The molecule has 2 N–H and O–H groups in total. The average Bonchev–Trinajstić information content (AvgIpc) is 2.95. The Morgan fingerprint density at radius 3 is 2.88 bits per heavy atom. The van der Waals surface area contributed by atoms with Gasteiger partial charge < -0.3 is 10.2 Å². The van der Waals surface area contributed by atoms with E-state index in [-0.39, 0.29) is 12.4 Å². The summed E-state index contributed by atoms with van der Waals surface area (Å²) in [5, 5.41) is 7.07. The van der Waals surface area contributed by atoms with E-state index in [9.17, 15) is 12.8 Å². The minimum atomic E-state index is -3.26. The van der Waals surface area contributed by atoms with E-state index in [1.807, 2.05) is 15.6 Å². The summed E-state index contributed by atoms with van der Waals surface area (Å²) in [5.41, 5.74) is 1.57. The standard InChI is InChI=1S/C13H18FN7O2S/c1-15-12-11(14)7-16-13(18-12)20-3-4-21-10(8-20)5-9(19-21)6-17-24(2,22)23/h5,7,17H,3-4,6,8H2,1-2H3,(H,15,16,18). The van der Waals surface area contributed by atoms with Crippen LogP contribution in [0.15, 0.2) is 12.3 Å². The highest BCUT2D eigenvalue weighted by Gasteiger charge is 2.21. The summed E-state index contributed by atoms with van der Waals surface area (Å²) in [6, 6.07) is 1.84. The molecule has 1 aliphatic rings. The van der Waals surface area contributed by atoms with E-state index in [1.54, 1.807) is 7.05 Å². The molecule has 0 fully saturated rings. The van der Waals surface area contributed by atoms with Gasteiger partial charge in [-0.1, -0.05) is 0 Å². The van der Waals surface area contributed by atoms with E-state index in [0.717, 1.165) is 18.1 Å². The van der Waals surface area contributed by atoms with Crippen molar-refractivity contribution in [3.63, 3.8) is 0 Å². The Morgan fingerprint density at radius 1 is 1.38 bits per heavy atom. The molecule has 0 spiro atoms. The molecule has 0 saturated heterocycles. The molecule has 3 heterocycles. The first kappa shape index (κ1) is 16.6. The molecule has 9 nitrogen and oxygen atoms in total. The van der Waals surface area contributed by atoms with E-state index in [1.165, 1.54) is 0 Å². The highest BCUT2D eigenvalue weighted by molar-refractivity contribution is 7.88. The second-order valence-corrected chi connectivity index (χ2v) is 7.31. The van der Waals surface area contributed by atoms with E-state index < -0.39 is 15.8 Å². The molecule has 0 bridgehead atoms. The number of anilines is 2. The first-order chi connectivity index (χ1) is 11.4. The highest BCUT2D eigenvalue weighted by atomic mass is 32.2. The van der Waals surface area contributed by atoms with Crippen LogP contribution in [-0.4, -0.2) is 48.0 Å². The summed E-state index contributed by atoms with van der Waals surface area (Å²) < 4.78 is 40.1. The van der Waals surface area contributed by atoms with Gasteiger partial charge in [0.15, 0.2) is 11.6 Å². The van der Waals surface area contributed by atoms with Crippen LogP contribution in [0.2, 0.25) is 0 Å². The number of halogens is 1. The molecule has 24 heavy (non-hydrogen) atoms. The number of hydrogen-bond donors (Lipinski definition) is 2. The Hall–Kier alpha value is -2.27. The Morgan fingerprint density at radius 2 is 2.17 bits per heavy atom. The van der Waals surface area contributed by atoms with Crippen LogP contribution in [0, 0.1) is 5.82 Å². The molecule has 2 aromatic heterocycles. The van der Waals surface area contributed by atoms with Gasteiger partial charge in [-0.3, -0.25) is 4.68 Å². The van der Waals surface area contributed by atoms with E-state index in [4.69, 9.17) is 0 Å². The second kappa shape index (κ2) is 6.32. The van der Waals surface area contributed by atoms with Crippen molar-refractivity contribution < 1.29 is 12.8 Å². The molecule has 0 atom stereocenters. The smallest absolute Gasteiger partial charge is 0.227 e. The Labute approximate surface area is 139 Å². The van der Waals surface area contributed by atoms with Gasteiger partial charge in [-0.05, 0) is 6.07 Å². The van der Waals surface area contributed by atoms with Gasteiger partial charge in [-0.15, -0.1) is 0 Å². The molecule has 3 rings (SSSR count). The fraction of sp³-hybridized carbons (Fsp3) is 0.462. The van der Waals surface area contributed by atoms with Crippen LogP contribution in [0.1, 0.15) is 11.4 Å². The number of hydrogen-bond acceptors (Lipinski definition) is 7. The summed E-state index contributed by atoms with van der Waals surface area (Å²) in [4.78, 5) is 10.1. The van der Waals surface area contributed by atoms with Crippen molar-refractivity contribution in [2.45, 2.75) is 19.6 Å². The summed E-state index contributed by atoms with van der Waals surface area (Å²) in [6.07, 6.45) is 2.25. The Balaban J connectivity index is 1.76. The predicted octanol–water partition coefficient (Wildman–Crippen LogP) is -0.0767. The van der Waals surface area contributed by atoms with Crippen LogP contribution in [0.4, 0.5) is 16.2 Å². The Kier molecular flexibility index (Phi) is 4.37. The van der Waals surface area contributed by atoms with Crippen LogP contribution < -0.4 is 14.9 Å². The van der Waals surface area contributed by atoms with Crippen molar-refractivity contribution in [2.75, 3.05) is 30.1 Å². The van der Waals surface area contributed by atoms with Gasteiger partial charge >= 0.3 is 0 Å². The third-order valence-electron chi connectivity index (χ3n) is 3.62. The lowest BCUT2D eigenvalue weighted by molar-refractivity contribution is 0.508. The summed E-state index contributed by atoms with van der Waals surface area (Å²) in [7, 11) is -1.66. The molecule has 1 aliphatic heterocycles. The van der Waals surface area contributed by atoms with Gasteiger partial charge in [0, 0.05) is 13.6 Å². The number of sulfonamides is 1. The van der Waals surface area contributed by atoms with E-state index in [2.05, 4.69) is 25.1 Å². The van der Waals surface area contributed by atoms with Crippen LogP contribution in [0.3, 0.4) is 0 Å². The number of rotatable bonds is 5. The molecule has 130 valence electrons. The maximum absolute atomic E-state index is 13.5. The highest BCUT2D eigenvalue weighted by Crippen LogP contribution is 2.20. The molecule has 0 unspecified atom stereocenters. The lowest BCUT2D eigenvalue weighted by Crippen LogP contribution is -2.35. The molecule has 0 aromatic carbocycles. The van der Waals surface area contributed by atoms with Crippen molar-refractivity contribution in [1.29, 1.82) is 0 Å². The summed E-state index contributed by atoms with van der Waals surface area (Å²) in [5.74, 6) is 0.0820. The zero-order valence-corrected chi connectivity index (χ0v) is 14.1. The fourth-order valence-electron chi connectivity index (χ4n) is 2.47. The maximum Gasteiger partial charge on any atom is 0.227 e. The van der Waals surface area contributed by atoms with Gasteiger partial charge in [-0.25, -0.2) is 22.5 Å². The molecule has 0 amide bonds.